The number of fused-ring (bicyclic) bond motifs is 1. The Bertz CT molecular complexity index is 1710. The number of carbonyl (C=O) groups excluding carboxylic acids is 1. The summed E-state index contributed by atoms with van der Waals surface area (Å²) < 4.78 is 27.2. The van der Waals surface area contributed by atoms with Gasteiger partial charge in [0, 0.05) is 37.3 Å². The van der Waals surface area contributed by atoms with Crippen molar-refractivity contribution >= 4 is 38.4 Å². The second-order valence-electron chi connectivity index (χ2n) is 8.85. The van der Waals surface area contributed by atoms with Gasteiger partial charge in [0.2, 0.25) is 10.0 Å². The molecule has 0 aliphatic carbocycles. The molecule has 0 spiro atoms. The predicted molar refractivity (Wildman–Crippen MR) is 145 cm³/mol. The Balaban J connectivity index is 1.35. The van der Waals surface area contributed by atoms with Gasteiger partial charge in [0.15, 0.2) is 5.69 Å². The van der Waals surface area contributed by atoms with E-state index in [9.17, 15) is 18.0 Å². The first-order chi connectivity index (χ1) is 18.3. The van der Waals surface area contributed by atoms with Crippen LogP contribution in [0.2, 0.25) is 0 Å². The van der Waals surface area contributed by atoms with E-state index in [2.05, 4.69) is 9.97 Å². The van der Waals surface area contributed by atoms with Crippen LogP contribution in [0.3, 0.4) is 0 Å². The van der Waals surface area contributed by atoms with E-state index >= 15 is 0 Å². The molecule has 194 valence electrons. The highest BCUT2D eigenvalue weighted by atomic mass is 32.2. The smallest absolute Gasteiger partial charge is 0.276 e. The van der Waals surface area contributed by atoms with Gasteiger partial charge < -0.3 is 21.4 Å². The van der Waals surface area contributed by atoms with Crippen LogP contribution >= 0.6 is 0 Å². The van der Waals surface area contributed by atoms with E-state index in [0.717, 1.165) is 0 Å². The van der Waals surface area contributed by atoms with Crippen molar-refractivity contribution in [1.29, 1.82) is 0 Å². The van der Waals surface area contributed by atoms with Crippen molar-refractivity contribution in [1.82, 2.24) is 19.2 Å². The van der Waals surface area contributed by atoms with Crippen molar-refractivity contribution in [2.75, 3.05) is 26.2 Å². The van der Waals surface area contributed by atoms with Crippen molar-refractivity contribution < 1.29 is 13.2 Å². The monoisotopic (exact) mass is 530 g/mol. The summed E-state index contributed by atoms with van der Waals surface area (Å²) >= 11 is 0. The Morgan fingerprint density at radius 2 is 1.47 bits per heavy atom. The summed E-state index contributed by atoms with van der Waals surface area (Å²) in [6.07, 6.45) is 0. The van der Waals surface area contributed by atoms with Gasteiger partial charge in [-0.15, -0.1) is 0 Å². The molecule has 2 heterocycles. The molecule has 0 bridgehead atoms. The SMILES string of the molecule is N/C(=C(/N)c1nc2ccccc2[nH]c1=O)c1cccc(C(=O)N2CCN(S(=O)(=O)c3ccccc3)CC2)c1. The molecular formula is C27H26N6O4S. The van der Waals surface area contributed by atoms with Gasteiger partial charge in [-0.2, -0.15) is 4.31 Å². The lowest BCUT2D eigenvalue weighted by atomic mass is 10.0. The van der Waals surface area contributed by atoms with E-state index in [1.54, 1.807) is 83.8 Å². The number of nitrogens with two attached hydrogens (primary N) is 2. The fourth-order valence-electron chi connectivity index (χ4n) is 4.37. The first-order valence-electron chi connectivity index (χ1n) is 12.0. The summed E-state index contributed by atoms with van der Waals surface area (Å²) in [6, 6.07) is 21.9. The van der Waals surface area contributed by atoms with E-state index < -0.39 is 15.6 Å². The standard InChI is InChI=1S/C27H26N6O4S/c28-23(24(29)25-26(34)31-22-12-5-4-11-21(22)30-25)18-7-6-8-19(17-18)27(35)32-13-15-33(16-14-32)38(36,37)20-9-2-1-3-10-20/h1-12,17H,13-16,28-29H2,(H,31,34)/b24-23+. The maximum atomic E-state index is 13.2. The minimum absolute atomic E-state index is 0.00124. The number of H-pyrrole nitrogens is 1. The summed E-state index contributed by atoms with van der Waals surface area (Å²) in [6.45, 7) is 0.875. The van der Waals surface area contributed by atoms with Crippen molar-refractivity contribution in [2.24, 2.45) is 11.5 Å². The third kappa shape index (κ3) is 4.76. The lowest BCUT2D eigenvalue weighted by Gasteiger charge is -2.34. The molecule has 0 radical (unpaired) electrons. The molecule has 1 aromatic heterocycles. The molecule has 1 aliphatic rings. The topological polar surface area (TPSA) is 155 Å². The number of hydrogen-bond acceptors (Lipinski definition) is 7. The zero-order valence-corrected chi connectivity index (χ0v) is 21.2. The second-order valence-corrected chi connectivity index (χ2v) is 10.8. The Morgan fingerprint density at radius 3 is 2.21 bits per heavy atom. The number of nitrogens with one attached hydrogen (secondary N) is 1. The van der Waals surface area contributed by atoms with Crippen LogP contribution < -0.4 is 17.0 Å². The van der Waals surface area contributed by atoms with Crippen molar-refractivity contribution in [3.8, 4) is 0 Å². The van der Waals surface area contributed by atoms with Crippen molar-refractivity contribution in [2.45, 2.75) is 4.90 Å². The number of rotatable bonds is 5. The van der Waals surface area contributed by atoms with Crippen LogP contribution in [-0.2, 0) is 10.0 Å². The number of carbonyl (C=O) groups is 1. The molecule has 4 aromatic rings. The summed E-state index contributed by atoms with van der Waals surface area (Å²) in [5, 5.41) is 0. The average Bonchev–Trinajstić information content (AvgIpc) is 2.96. The lowest BCUT2D eigenvalue weighted by Crippen LogP contribution is -2.50. The highest BCUT2D eigenvalue weighted by Crippen LogP contribution is 2.21. The Hall–Kier alpha value is -4.48. The number of nitrogens with zero attached hydrogens (tertiary/aromatic N) is 3. The molecule has 10 nitrogen and oxygen atoms in total. The highest BCUT2D eigenvalue weighted by Gasteiger charge is 2.30. The van der Waals surface area contributed by atoms with E-state index in [4.69, 9.17) is 11.5 Å². The van der Waals surface area contributed by atoms with Crippen molar-refractivity contribution in [3.63, 3.8) is 0 Å². The van der Waals surface area contributed by atoms with Gasteiger partial charge in [0.1, 0.15) is 0 Å². The number of benzene rings is 3. The largest absolute Gasteiger partial charge is 0.397 e. The van der Waals surface area contributed by atoms with E-state index in [-0.39, 0.29) is 54.1 Å². The first kappa shape index (κ1) is 25.2. The maximum absolute atomic E-state index is 13.2. The summed E-state index contributed by atoms with van der Waals surface area (Å²) in [5.74, 6) is -0.253. The van der Waals surface area contributed by atoms with Gasteiger partial charge in [-0.1, -0.05) is 42.5 Å². The predicted octanol–water partition coefficient (Wildman–Crippen LogP) is 1.81. The number of amides is 1. The van der Waals surface area contributed by atoms with Crippen LogP contribution in [0.25, 0.3) is 22.4 Å². The molecule has 1 aliphatic heterocycles. The summed E-state index contributed by atoms with van der Waals surface area (Å²) in [5.41, 5.74) is 14.2. The number of hydrogen-bond donors (Lipinski definition) is 3. The summed E-state index contributed by atoms with van der Waals surface area (Å²) in [4.78, 5) is 34.8. The highest BCUT2D eigenvalue weighted by molar-refractivity contribution is 7.89. The maximum Gasteiger partial charge on any atom is 0.276 e. The lowest BCUT2D eigenvalue weighted by molar-refractivity contribution is 0.0698. The van der Waals surface area contributed by atoms with Gasteiger partial charge in [0.05, 0.1) is 27.3 Å². The summed E-state index contributed by atoms with van der Waals surface area (Å²) in [7, 11) is -3.62. The zero-order chi connectivity index (χ0) is 26.9. The Kier molecular flexibility index (Phi) is 6.70. The van der Waals surface area contributed by atoms with Gasteiger partial charge in [-0.3, -0.25) is 9.59 Å². The third-order valence-electron chi connectivity index (χ3n) is 6.47. The molecule has 1 fully saturated rings. The molecule has 5 rings (SSSR count). The van der Waals surface area contributed by atoms with Crippen molar-refractivity contribution in [3.05, 3.63) is 106 Å². The molecule has 11 heteroatoms. The average molecular weight is 531 g/mol. The van der Waals surface area contributed by atoms with E-state index in [1.807, 2.05) is 0 Å². The first-order valence-corrected chi connectivity index (χ1v) is 13.4. The van der Waals surface area contributed by atoms with E-state index in [1.165, 1.54) is 4.31 Å². The number of aromatic nitrogens is 2. The van der Waals surface area contributed by atoms with Crippen LogP contribution in [0.4, 0.5) is 0 Å². The van der Waals surface area contributed by atoms with Gasteiger partial charge in [-0.25, -0.2) is 13.4 Å². The van der Waals surface area contributed by atoms with Crippen LogP contribution in [0, 0.1) is 0 Å². The molecule has 0 atom stereocenters. The molecule has 38 heavy (non-hydrogen) atoms. The quantitative estimate of drug-likeness (QED) is 0.355. The molecule has 0 saturated carbocycles. The Morgan fingerprint density at radius 1 is 0.816 bits per heavy atom. The molecule has 1 saturated heterocycles. The van der Waals surface area contributed by atoms with Gasteiger partial charge in [-0.05, 0) is 36.4 Å². The number of para-hydroxylation sites is 2. The van der Waals surface area contributed by atoms with Crippen LogP contribution in [0.5, 0.6) is 0 Å². The van der Waals surface area contributed by atoms with Crippen LogP contribution in [0.1, 0.15) is 21.6 Å². The van der Waals surface area contributed by atoms with E-state index in [0.29, 0.717) is 22.2 Å². The Labute approximate surface area is 219 Å². The normalized spacial score (nSPS) is 15.3. The van der Waals surface area contributed by atoms with Gasteiger partial charge in [0.25, 0.3) is 11.5 Å². The molecular weight excluding hydrogens is 504 g/mol. The van der Waals surface area contributed by atoms with Crippen LogP contribution in [-0.4, -0.2) is 59.7 Å². The molecule has 5 N–H and O–H groups in total. The second kappa shape index (κ2) is 10.1. The third-order valence-corrected chi connectivity index (χ3v) is 8.39. The number of piperazine rings is 1. The minimum Gasteiger partial charge on any atom is -0.397 e. The van der Waals surface area contributed by atoms with Crippen LogP contribution in [0.15, 0.2) is 88.6 Å². The number of sulfonamides is 1. The van der Waals surface area contributed by atoms with Gasteiger partial charge >= 0.3 is 0 Å². The number of aromatic amines is 1. The molecule has 0 unspecified atom stereocenters. The fraction of sp³-hybridized carbons (Fsp3) is 0.148. The minimum atomic E-state index is -3.62. The fourth-order valence-corrected chi connectivity index (χ4v) is 5.81. The zero-order valence-electron chi connectivity index (χ0n) is 20.4. The molecule has 1 amide bonds. The molecule has 3 aromatic carbocycles.